The molecule has 1 aromatic carbocycles. The van der Waals surface area contributed by atoms with Gasteiger partial charge >= 0.3 is 0 Å². The van der Waals surface area contributed by atoms with E-state index in [9.17, 15) is 4.79 Å². The van der Waals surface area contributed by atoms with E-state index < -0.39 is 0 Å². The summed E-state index contributed by atoms with van der Waals surface area (Å²) < 4.78 is 11.0. The van der Waals surface area contributed by atoms with Crippen molar-refractivity contribution < 1.29 is 14.3 Å². The summed E-state index contributed by atoms with van der Waals surface area (Å²) in [4.78, 5) is 14.4. The Hall–Kier alpha value is -1.59. The number of likely N-dealkylation sites (tertiary alicyclic amines) is 1. The number of amides is 1. The van der Waals surface area contributed by atoms with Gasteiger partial charge in [-0.05, 0) is 20.0 Å². The van der Waals surface area contributed by atoms with E-state index in [2.05, 4.69) is 10.2 Å². The summed E-state index contributed by atoms with van der Waals surface area (Å²) in [6, 6.07) is 7.65. The molecular weight excluding hydrogens is 268 g/mol. The molecule has 2 rings (SSSR count). The van der Waals surface area contributed by atoms with Crippen molar-refractivity contribution in [1.82, 2.24) is 10.2 Å². The van der Waals surface area contributed by atoms with Gasteiger partial charge in [0.05, 0.1) is 25.7 Å². The Kier molecular flexibility index (Phi) is 5.59. The van der Waals surface area contributed by atoms with Crippen LogP contribution in [-0.4, -0.2) is 56.8 Å². The van der Waals surface area contributed by atoms with Crippen molar-refractivity contribution in [3.05, 3.63) is 29.8 Å². The molecule has 1 N–H and O–H groups in total. The maximum Gasteiger partial charge on any atom is 0.224 e. The molecule has 1 aliphatic heterocycles. The van der Waals surface area contributed by atoms with Crippen molar-refractivity contribution in [2.75, 3.05) is 33.9 Å². The van der Waals surface area contributed by atoms with E-state index in [0.717, 1.165) is 24.4 Å². The molecule has 1 amide bonds. The van der Waals surface area contributed by atoms with Gasteiger partial charge in [-0.3, -0.25) is 4.79 Å². The molecule has 21 heavy (non-hydrogen) atoms. The Balaban J connectivity index is 1.95. The molecule has 0 saturated carbocycles. The first kappa shape index (κ1) is 15.8. The van der Waals surface area contributed by atoms with Gasteiger partial charge in [-0.1, -0.05) is 18.2 Å². The first-order valence-electron chi connectivity index (χ1n) is 7.35. The highest BCUT2D eigenvalue weighted by Crippen LogP contribution is 2.18. The summed E-state index contributed by atoms with van der Waals surface area (Å²) in [6.45, 7) is 4.32. The lowest BCUT2D eigenvalue weighted by Gasteiger charge is -2.20. The van der Waals surface area contributed by atoms with Crippen LogP contribution in [0.2, 0.25) is 0 Å². The van der Waals surface area contributed by atoms with Crippen molar-refractivity contribution in [2.24, 2.45) is 0 Å². The number of methoxy groups -OCH3 is 1. The van der Waals surface area contributed by atoms with Crippen molar-refractivity contribution in [2.45, 2.75) is 25.5 Å². The van der Waals surface area contributed by atoms with Gasteiger partial charge in [0.1, 0.15) is 5.75 Å². The molecular formula is C16H24N2O3. The number of hydrogen-bond acceptors (Lipinski definition) is 4. The van der Waals surface area contributed by atoms with Crippen LogP contribution >= 0.6 is 0 Å². The zero-order valence-corrected chi connectivity index (χ0v) is 13.0. The molecule has 1 heterocycles. The molecule has 1 fully saturated rings. The third-order valence-electron chi connectivity index (χ3n) is 3.72. The number of benzene rings is 1. The minimum Gasteiger partial charge on any atom is -0.496 e. The summed E-state index contributed by atoms with van der Waals surface area (Å²) in [6.07, 6.45) is 0.393. The second kappa shape index (κ2) is 7.43. The first-order chi connectivity index (χ1) is 10.1. The van der Waals surface area contributed by atoms with Gasteiger partial charge in [0.2, 0.25) is 5.91 Å². The number of ether oxygens (including phenoxy) is 2. The van der Waals surface area contributed by atoms with Crippen LogP contribution in [0.4, 0.5) is 0 Å². The average molecular weight is 292 g/mol. The number of hydrogen-bond donors (Lipinski definition) is 1. The molecule has 1 aliphatic rings. The van der Waals surface area contributed by atoms with Crippen LogP contribution in [-0.2, 0) is 16.0 Å². The molecule has 0 radical (unpaired) electrons. The van der Waals surface area contributed by atoms with Crippen molar-refractivity contribution in [3.63, 3.8) is 0 Å². The van der Waals surface area contributed by atoms with Gasteiger partial charge < -0.3 is 19.7 Å². The molecule has 0 aromatic heterocycles. The minimum absolute atomic E-state index is 0.00417. The lowest BCUT2D eigenvalue weighted by atomic mass is 10.1. The van der Waals surface area contributed by atoms with Crippen LogP contribution in [0, 0.1) is 0 Å². The maximum atomic E-state index is 12.3. The zero-order chi connectivity index (χ0) is 15.2. The van der Waals surface area contributed by atoms with Gasteiger partial charge in [0.25, 0.3) is 0 Å². The SMILES string of the molecule is CCO[C@@H]1CN(C)C[C@H]1NC(=O)Cc1ccccc1OC. The van der Waals surface area contributed by atoms with E-state index >= 15 is 0 Å². The van der Waals surface area contributed by atoms with Crippen LogP contribution in [0.15, 0.2) is 24.3 Å². The van der Waals surface area contributed by atoms with Crippen molar-refractivity contribution in [3.8, 4) is 5.75 Å². The molecule has 0 bridgehead atoms. The highest BCUT2D eigenvalue weighted by atomic mass is 16.5. The topological polar surface area (TPSA) is 50.8 Å². The van der Waals surface area contributed by atoms with Crippen LogP contribution in [0.5, 0.6) is 5.75 Å². The van der Waals surface area contributed by atoms with Gasteiger partial charge in [-0.25, -0.2) is 0 Å². The predicted octanol–water partition coefficient (Wildman–Crippen LogP) is 1.07. The van der Waals surface area contributed by atoms with E-state index in [1.165, 1.54) is 0 Å². The second-order valence-corrected chi connectivity index (χ2v) is 5.38. The van der Waals surface area contributed by atoms with Gasteiger partial charge in [0, 0.05) is 25.3 Å². The highest BCUT2D eigenvalue weighted by molar-refractivity contribution is 5.79. The number of nitrogens with zero attached hydrogens (tertiary/aromatic N) is 1. The van der Waals surface area contributed by atoms with Crippen LogP contribution in [0.1, 0.15) is 12.5 Å². The maximum absolute atomic E-state index is 12.3. The summed E-state index contributed by atoms with van der Waals surface area (Å²) in [5.41, 5.74) is 0.900. The lowest BCUT2D eigenvalue weighted by molar-refractivity contribution is -0.121. The van der Waals surface area contributed by atoms with Crippen LogP contribution in [0.25, 0.3) is 0 Å². The predicted molar refractivity (Wildman–Crippen MR) is 81.5 cm³/mol. The molecule has 0 spiro atoms. The lowest BCUT2D eigenvalue weighted by Crippen LogP contribution is -2.44. The quantitative estimate of drug-likeness (QED) is 0.852. The van der Waals surface area contributed by atoms with Crippen molar-refractivity contribution in [1.29, 1.82) is 0 Å². The fourth-order valence-electron chi connectivity index (χ4n) is 2.76. The van der Waals surface area contributed by atoms with Crippen LogP contribution < -0.4 is 10.1 Å². The molecule has 1 saturated heterocycles. The number of likely N-dealkylation sites (N-methyl/N-ethyl adjacent to an activating group) is 1. The molecule has 1 aromatic rings. The van der Waals surface area contributed by atoms with Gasteiger partial charge in [-0.15, -0.1) is 0 Å². The fraction of sp³-hybridized carbons (Fsp3) is 0.562. The summed E-state index contributed by atoms with van der Waals surface area (Å²) >= 11 is 0. The molecule has 5 heteroatoms. The smallest absolute Gasteiger partial charge is 0.224 e. The van der Waals surface area contributed by atoms with E-state index in [1.807, 2.05) is 38.2 Å². The molecule has 0 unspecified atom stereocenters. The largest absolute Gasteiger partial charge is 0.496 e. The van der Waals surface area contributed by atoms with Crippen LogP contribution in [0.3, 0.4) is 0 Å². The third kappa shape index (κ3) is 4.19. The summed E-state index contributed by atoms with van der Waals surface area (Å²) in [5, 5.41) is 3.08. The normalized spacial score (nSPS) is 22.2. The molecule has 5 nitrogen and oxygen atoms in total. The Labute approximate surface area is 126 Å². The number of carbonyl (C=O) groups is 1. The standard InChI is InChI=1S/C16H24N2O3/c1-4-21-15-11-18(2)10-13(15)17-16(19)9-12-7-5-6-8-14(12)20-3/h5-8,13,15H,4,9-11H2,1-3H3,(H,17,19)/t13-,15-/m1/s1. The number of carbonyl (C=O) groups excluding carboxylic acids is 1. The van der Waals surface area contributed by atoms with E-state index in [0.29, 0.717) is 13.0 Å². The van der Waals surface area contributed by atoms with Crippen molar-refractivity contribution >= 4 is 5.91 Å². The Morgan fingerprint density at radius 2 is 2.14 bits per heavy atom. The number of rotatable bonds is 6. The Morgan fingerprint density at radius 1 is 1.38 bits per heavy atom. The van der Waals surface area contributed by atoms with E-state index in [4.69, 9.17) is 9.47 Å². The molecule has 2 atom stereocenters. The summed E-state index contributed by atoms with van der Waals surface area (Å²) in [5.74, 6) is 0.752. The molecule has 0 aliphatic carbocycles. The monoisotopic (exact) mass is 292 g/mol. The fourth-order valence-corrected chi connectivity index (χ4v) is 2.76. The Morgan fingerprint density at radius 3 is 2.86 bits per heavy atom. The third-order valence-corrected chi connectivity index (χ3v) is 3.72. The van der Waals surface area contributed by atoms with Gasteiger partial charge in [0.15, 0.2) is 0 Å². The minimum atomic E-state index is 0.00417. The molecule has 116 valence electrons. The first-order valence-corrected chi connectivity index (χ1v) is 7.35. The highest BCUT2D eigenvalue weighted by Gasteiger charge is 2.32. The van der Waals surface area contributed by atoms with E-state index in [1.54, 1.807) is 7.11 Å². The average Bonchev–Trinajstić information content (AvgIpc) is 2.79. The second-order valence-electron chi connectivity index (χ2n) is 5.38. The number of nitrogens with one attached hydrogen (secondary N) is 1. The Bertz CT molecular complexity index is 478. The van der Waals surface area contributed by atoms with E-state index in [-0.39, 0.29) is 18.1 Å². The number of para-hydroxylation sites is 1. The zero-order valence-electron chi connectivity index (χ0n) is 13.0. The summed E-state index contributed by atoms with van der Waals surface area (Å²) in [7, 11) is 3.66. The van der Waals surface area contributed by atoms with Gasteiger partial charge in [-0.2, -0.15) is 0 Å².